The smallest absolute Gasteiger partial charge is 0.00369 e. The second-order valence-corrected chi connectivity index (χ2v) is 5.88. The zero-order valence-electron chi connectivity index (χ0n) is 15.8. The monoisotopic (exact) mass is 347 g/mol. The first-order valence-corrected chi connectivity index (χ1v) is 9.75. The van der Waals surface area contributed by atoms with Crippen LogP contribution in [0.3, 0.4) is 0 Å². The van der Waals surface area contributed by atoms with E-state index in [1.54, 1.807) is 0 Å². The summed E-state index contributed by atoms with van der Waals surface area (Å²) < 4.78 is 0. The molecule has 11 N–H and O–H groups in total. The van der Waals surface area contributed by atoms with Gasteiger partial charge < -0.3 is 38.9 Å². The maximum atomic E-state index is 5.38. The van der Waals surface area contributed by atoms with Crippen molar-refractivity contribution in [1.82, 2.24) is 16.0 Å². The van der Waals surface area contributed by atoms with Gasteiger partial charge in [-0.25, -0.2) is 0 Å². The molecule has 7 heteroatoms. The van der Waals surface area contributed by atoms with Crippen LogP contribution < -0.4 is 38.9 Å². The van der Waals surface area contributed by atoms with Gasteiger partial charge in [-0.15, -0.1) is 0 Å². The Morgan fingerprint density at radius 3 is 0.875 bits per heavy atom. The Morgan fingerprint density at radius 2 is 0.583 bits per heavy atom. The first-order valence-electron chi connectivity index (χ1n) is 9.75. The molecule has 0 amide bonds. The molecular weight excluding hydrogens is 302 g/mol. The second kappa shape index (κ2) is 27.6. The summed E-state index contributed by atoms with van der Waals surface area (Å²) in [5.41, 5.74) is 21.4. The SMILES string of the molecule is NCCCCNCCCN.NCCCNCCCCNCCCN. The van der Waals surface area contributed by atoms with Crippen LogP contribution in [0.4, 0.5) is 0 Å². The number of hydrogen-bond acceptors (Lipinski definition) is 7. The van der Waals surface area contributed by atoms with Gasteiger partial charge in [0, 0.05) is 0 Å². The standard InChI is InChI=1S/C10H26N4.C7H19N3/c11-5-3-9-13-7-1-2-8-14-10-4-6-12;8-4-1-2-6-10-7-3-5-9/h13-14H,1-12H2;10H,1-9H2. The summed E-state index contributed by atoms with van der Waals surface area (Å²) in [7, 11) is 0. The first kappa shape index (κ1) is 26.0. The molecule has 0 atom stereocenters. The van der Waals surface area contributed by atoms with Crippen molar-refractivity contribution in [1.29, 1.82) is 0 Å². The molecule has 0 bridgehead atoms. The van der Waals surface area contributed by atoms with Crippen molar-refractivity contribution in [2.24, 2.45) is 22.9 Å². The summed E-state index contributed by atoms with van der Waals surface area (Å²) in [6, 6.07) is 0. The van der Waals surface area contributed by atoms with Crippen LogP contribution in [0.25, 0.3) is 0 Å². The fourth-order valence-electron chi connectivity index (χ4n) is 1.95. The van der Waals surface area contributed by atoms with E-state index in [4.69, 9.17) is 22.9 Å². The van der Waals surface area contributed by atoms with Crippen molar-refractivity contribution in [3.8, 4) is 0 Å². The minimum absolute atomic E-state index is 0.782. The van der Waals surface area contributed by atoms with E-state index in [9.17, 15) is 0 Å². The summed E-state index contributed by atoms with van der Waals surface area (Å²) in [5.74, 6) is 0. The number of hydrogen-bond donors (Lipinski definition) is 7. The third-order valence-corrected chi connectivity index (χ3v) is 3.44. The predicted octanol–water partition coefficient (Wildman–Crippen LogP) is -0.693. The molecule has 0 heterocycles. The van der Waals surface area contributed by atoms with Gasteiger partial charge >= 0.3 is 0 Å². The highest BCUT2D eigenvalue weighted by Crippen LogP contribution is 1.85. The molecular formula is C17H45N7. The largest absolute Gasteiger partial charge is 0.330 e. The summed E-state index contributed by atoms with van der Waals surface area (Å²) in [6.07, 6.45) is 8.00. The fraction of sp³-hybridized carbons (Fsp3) is 1.00. The molecule has 24 heavy (non-hydrogen) atoms. The molecule has 0 aromatic rings. The Labute approximate surface area is 150 Å². The molecule has 0 saturated carbocycles. The van der Waals surface area contributed by atoms with Crippen molar-refractivity contribution in [3.05, 3.63) is 0 Å². The molecule has 0 aliphatic carbocycles. The van der Waals surface area contributed by atoms with Crippen molar-refractivity contribution in [2.45, 2.75) is 44.9 Å². The lowest BCUT2D eigenvalue weighted by Crippen LogP contribution is -2.22. The van der Waals surface area contributed by atoms with Crippen molar-refractivity contribution >= 4 is 0 Å². The fourth-order valence-corrected chi connectivity index (χ4v) is 1.95. The number of unbranched alkanes of at least 4 members (excludes halogenated alkanes) is 2. The Balaban J connectivity index is 0. The number of nitrogens with one attached hydrogen (secondary N) is 3. The summed E-state index contributed by atoms with van der Waals surface area (Å²) >= 11 is 0. The van der Waals surface area contributed by atoms with E-state index in [1.165, 1.54) is 19.3 Å². The molecule has 0 unspecified atom stereocenters. The summed E-state index contributed by atoms with van der Waals surface area (Å²) in [4.78, 5) is 0. The van der Waals surface area contributed by atoms with Gasteiger partial charge in [0.25, 0.3) is 0 Å². The van der Waals surface area contributed by atoms with Crippen LogP contribution in [0.15, 0.2) is 0 Å². The van der Waals surface area contributed by atoms with Gasteiger partial charge in [-0.3, -0.25) is 0 Å². The third-order valence-electron chi connectivity index (χ3n) is 3.44. The molecule has 0 aromatic carbocycles. The predicted molar refractivity (Wildman–Crippen MR) is 107 cm³/mol. The number of rotatable bonds is 18. The quantitative estimate of drug-likeness (QED) is 0.163. The van der Waals surface area contributed by atoms with Gasteiger partial charge in [0.15, 0.2) is 0 Å². The average Bonchev–Trinajstić information content (AvgIpc) is 2.60. The maximum Gasteiger partial charge on any atom is -0.00369 e. The lowest BCUT2D eigenvalue weighted by Gasteiger charge is -2.04. The van der Waals surface area contributed by atoms with Crippen molar-refractivity contribution in [2.75, 3.05) is 65.4 Å². The van der Waals surface area contributed by atoms with E-state index in [2.05, 4.69) is 16.0 Å². The van der Waals surface area contributed by atoms with Gasteiger partial charge in [-0.2, -0.15) is 0 Å². The lowest BCUT2D eigenvalue weighted by molar-refractivity contribution is 0.570. The van der Waals surface area contributed by atoms with Gasteiger partial charge in [0.2, 0.25) is 0 Å². The third kappa shape index (κ3) is 29.7. The van der Waals surface area contributed by atoms with Crippen LogP contribution >= 0.6 is 0 Å². The Kier molecular flexibility index (Phi) is 29.8. The van der Waals surface area contributed by atoms with E-state index in [0.29, 0.717) is 0 Å². The average molecular weight is 348 g/mol. The summed E-state index contributed by atoms with van der Waals surface area (Å²) in [6.45, 7) is 9.60. The van der Waals surface area contributed by atoms with Crippen molar-refractivity contribution < 1.29 is 0 Å². The molecule has 0 saturated heterocycles. The molecule has 148 valence electrons. The minimum Gasteiger partial charge on any atom is -0.330 e. The van der Waals surface area contributed by atoms with Crippen molar-refractivity contribution in [3.63, 3.8) is 0 Å². The minimum atomic E-state index is 0.782. The highest BCUT2D eigenvalue weighted by atomic mass is 14.9. The number of nitrogens with two attached hydrogens (primary N) is 4. The molecule has 7 nitrogen and oxygen atoms in total. The second-order valence-electron chi connectivity index (χ2n) is 5.88. The zero-order valence-corrected chi connectivity index (χ0v) is 15.8. The normalized spacial score (nSPS) is 10.5. The first-order chi connectivity index (χ1) is 11.8. The molecule has 0 spiro atoms. The van der Waals surface area contributed by atoms with Gasteiger partial charge in [0.1, 0.15) is 0 Å². The molecule has 0 rings (SSSR count). The zero-order chi connectivity index (χ0) is 18.1. The van der Waals surface area contributed by atoms with E-state index in [0.717, 1.165) is 91.1 Å². The van der Waals surface area contributed by atoms with Crippen LogP contribution in [-0.4, -0.2) is 65.4 Å². The van der Waals surface area contributed by atoms with E-state index < -0.39 is 0 Å². The van der Waals surface area contributed by atoms with Gasteiger partial charge in [-0.05, 0) is 110 Å². The van der Waals surface area contributed by atoms with Crippen LogP contribution in [-0.2, 0) is 0 Å². The highest BCUT2D eigenvalue weighted by molar-refractivity contribution is 4.53. The van der Waals surface area contributed by atoms with Gasteiger partial charge in [-0.1, -0.05) is 0 Å². The molecule has 0 aliphatic rings. The topological polar surface area (TPSA) is 140 Å². The Bertz CT molecular complexity index is 174. The molecule has 0 radical (unpaired) electrons. The Hall–Kier alpha value is -0.280. The van der Waals surface area contributed by atoms with Crippen LogP contribution in [0.2, 0.25) is 0 Å². The van der Waals surface area contributed by atoms with Crippen LogP contribution in [0.1, 0.15) is 44.9 Å². The Morgan fingerprint density at radius 1 is 0.333 bits per heavy atom. The van der Waals surface area contributed by atoms with Crippen LogP contribution in [0.5, 0.6) is 0 Å². The lowest BCUT2D eigenvalue weighted by atomic mass is 10.3. The van der Waals surface area contributed by atoms with Crippen LogP contribution in [0, 0.1) is 0 Å². The van der Waals surface area contributed by atoms with E-state index in [-0.39, 0.29) is 0 Å². The molecule has 0 aromatic heterocycles. The molecule has 0 fully saturated rings. The highest BCUT2D eigenvalue weighted by Gasteiger charge is 1.89. The van der Waals surface area contributed by atoms with Gasteiger partial charge in [0.05, 0.1) is 0 Å². The maximum absolute atomic E-state index is 5.38. The van der Waals surface area contributed by atoms with E-state index in [1.807, 2.05) is 0 Å². The molecule has 0 aliphatic heterocycles. The summed E-state index contributed by atoms with van der Waals surface area (Å²) in [5, 5.41) is 10.0. The van der Waals surface area contributed by atoms with E-state index >= 15 is 0 Å².